The van der Waals surface area contributed by atoms with Gasteiger partial charge in [-0.25, -0.2) is 0 Å². The molecule has 2 bridgehead atoms. The topological polar surface area (TPSA) is 55.8 Å². The fourth-order valence-electron chi connectivity index (χ4n) is 3.69. The van der Waals surface area contributed by atoms with E-state index in [-0.39, 0.29) is 35.9 Å². The molecule has 5 nitrogen and oxygen atoms in total. The predicted octanol–water partition coefficient (Wildman–Crippen LogP) is 2.42. The summed E-state index contributed by atoms with van der Waals surface area (Å²) >= 11 is 0. The Balaban J connectivity index is 1.46. The van der Waals surface area contributed by atoms with Gasteiger partial charge in [0.05, 0.1) is 18.1 Å². The molecule has 23 heavy (non-hydrogen) atoms. The van der Waals surface area contributed by atoms with E-state index in [4.69, 9.17) is 9.47 Å². The van der Waals surface area contributed by atoms with E-state index in [0.29, 0.717) is 19.4 Å². The van der Waals surface area contributed by atoms with Gasteiger partial charge in [-0.3, -0.25) is 9.59 Å². The molecule has 3 heterocycles. The zero-order chi connectivity index (χ0) is 16.8. The second-order valence-corrected chi connectivity index (χ2v) is 7.53. The van der Waals surface area contributed by atoms with Crippen LogP contribution in [0.1, 0.15) is 40.0 Å². The Morgan fingerprint density at radius 3 is 2.52 bits per heavy atom. The van der Waals surface area contributed by atoms with Gasteiger partial charge < -0.3 is 14.4 Å². The Morgan fingerprint density at radius 1 is 1.26 bits per heavy atom. The highest BCUT2D eigenvalue weighted by Gasteiger charge is 2.57. The van der Waals surface area contributed by atoms with Crippen LogP contribution >= 0.6 is 0 Å². The minimum absolute atomic E-state index is 0.00760. The van der Waals surface area contributed by atoms with E-state index in [2.05, 4.69) is 6.58 Å². The van der Waals surface area contributed by atoms with Crippen molar-refractivity contribution in [3.63, 3.8) is 0 Å². The molecule has 1 amide bonds. The van der Waals surface area contributed by atoms with Crippen molar-refractivity contribution in [2.45, 2.75) is 57.8 Å². The van der Waals surface area contributed by atoms with Gasteiger partial charge in [0.2, 0.25) is 5.91 Å². The van der Waals surface area contributed by atoms with Gasteiger partial charge in [0, 0.05) is 24.6 Å². The average molecular weight is 319 g/mol. The molecule has 0 N–H and O–H groups in total. The van der Waals surface area contributed by atoms with Crippen molar-refractivity contribution in [3.8, 4) is 0 Å². The molecule has 3 aliphatic rings. The number of ether oxygens (including phenoxy) is 2. The Labute approximate surface area is 137 Å². The quantitative estimate of drug-likeness (QED) is 0.444. The molecule has 0 radical (unpaired) electrons. The highest BCUT2D eigenvalue weighted by molar-refractivity contribution is 5.86. The van der Waals surface area contributed by atoms with Gasteiger partial charge in [-0.1, -0.05) is 18.7 Å². The molecular formula is C18H25NO4. The van der Waals surface area contributed by atoms with Crippen molar-refractivity contribution in [2.75, 3.05) is 6.54 Å². The highest BCUT2D eigenvalue weighted by atomic mass is 16.6. The first-order valence-corrected chi connectivity index (χ1v) is 8.34. The molecule has 3 aliphatic heterocycles. The minimum atomic E-state index is -0.444. The van der Waals surface area contributed by atoms with Gasteiger partial charge in [0.1, 0.15) is 5.60 Å². The van der Waals surface area contributed by atoms with Gasteiger partial charge >= 0.3 is 5.97 Å². The van der Waals surface area contributed by atoms with E-state index in [1.165, 1.54) is 0 Å². The van der Waals surface area contributed by atoms with Crippen LogP contribution in [0.2, 0.25) is 0 Å². The normalized spacial score (nSPS) is 31.9. The van der Waals surface area contributed by atoms with Crippen LogP contribution in [0.25, 0.3) is 0 Å². The number of rotatable bonds is 5. The molecule has 126 valence electrons. The SMILES string of the molecule is C=C1C2C3C=CC(O3)C2C(=O)N1CCCCC(=O)OC(C)(C)C. The zero-order valence-corrected chi connectivity index (χ0v) is 14.1. The molecule has 2 saturated heterocycles. The van der Waals surface area contributed by atoms with Crippen LogP contribution < -0.4 is 0 Å². The van der Waals surface area contributed by atoms with Crippen LogP contribution in [0.3, 0.4) is 0 Å². The van der Waals surface area contributed by atoms with Gasteiger partial charge in [-0.2, -0.15) is 0 Å². The first kappa shape index (κ1) is 16.2. The van der Waals surface area contributed by atoms with Crippen molar-refractivity contribution in [2.24, 2.45) is 11.8 Å². The van der Waals surface area contributed by atoms with Crippen molar-refractivity contribution in [3.05, 3.63) is 24.4 Å². The molecule has 4 unspecified atom stereocenters. The average Bonchev–Trinajstić information content (AvgIpc) is 3.09. The number of hydrogen-bond donors (Lipinski definition) is 0. The number of amides is 1. The predicted molar refractivity (Wildman–Crippen MR) is 85.3 cm³/mol. The summed E-state index contributed by atoms with van der Waals surface area (Å²) in [4.78, 5) is 26.0. The summed E-state index contributed by atoms with van der Waals surface area (Å²) in [5.74, 6) is -0.0579. The number of esters is 1. The summed E-state index contributed by atoms with van der Waals surface area (Å²) in [6, 6.07) is 0. The number of likely N-dealkylation sites (tertiary alicyclic amines) is 1. The van der Waals surface area contributed by atoms with Crippen molar-refractivity contribution >= 4 is 11.9 Å². The summed E-state index contributed by atoms with van der Waals surface area (Å²) < 4.78 is 11.0. The van der Waals surface area contributed by atoms with Crippen molar-refractivity contribution in [1.29, 1.82) is 0 Å². The number of hydrogen-bond acceptors (Lipinski definition) is 4. The third-order valence-electron chi connectivity index (χ3n) is 4.61. The number of unbranched alkanes of at least 4 members (excludes halogenated alkanes) is 1. The van der Waals surface area contributed by atoms with Crippen molar-refractivity contribution in [1.82, 2.24) is 4.90 Å². The number of nitrogens with zero attached hydrogens (tertiary/aromatic N) is 1. The van der Waals surface area contributed by atoms with E-state index in [1.54, 1.807) is 4.90 Å². The van der Waals surface area contributed by atoms with Gasteiger partial charge in [-0.05, 0) is 33.6 Å². The van der Waals surface area contributed by atoms with Crippen LogP contribution in [-0.2, 0) is 19.1 Å². The highest BCUT2D eigenvalue weighted by Crippen LogP contribution is 2.48. The zero-order valence-electron chi connectivity index (χ0n) is 14.1. The maximum atomic E-state index is 12.6. The number of carbonyl (C=O) groups is 2. The number of fused-ring (bicyclic) bond motifs is 5. The first-order valence-electron chi connectivity index (χ1n) is 8.34. The molecule has 5 heteroatoms. The minimum Gasteiger partial charge on any atom is -0.460 e. The molecule has 2 fully saturated rings. The lowest BCUT2D eigenvalue weighted by atomic mass is 9.84. The molecule has 4 atom stereocenters. The van der Waals surface area contributed by atoms with Crippen LogP contribution in [0.4, 0.5) is 0 Å². The summed E-state index contributed by atoms with van der Waals surface area (Å²) in [6.45, 7) is 10.3. The molecular weight excluding hydrogens is 294 g/mol. The maximum absolute atomic E-state index is 12.6. The second-order valence-electron chi connectivity index (χ2n) is 7.53. The lowest BCUT2D eigenvalue weighted by Crippen LogP contribution is -2.31. The van der Waals surface area contributed by atoms with E-state index >= 15 is 0 Å². The fraction of sp³-hybridized carbons (Fsp3) is 0.667. The standard InChI is InChI=1S/C18H25NO4/c1-11-15-12-8-9-13(22-12)16(15)17(21)19(11)10-6-5-7-14(20)23-18(2,3)4/h8-9,12-13,15-16H,1,5-7,10H2,2-4H3. The number of carbonyl (C=O) groups excluding carboxylic acids is 2. The van der Waals surface area contributed by atoms with E-state index in [1.807, 2.05) is 32.9 Å². The van der Waals surface area contributed by atoms with Crippen LogP contribution in [0.15, 0.2) is 24.4 Å². The van der Waals surface area contributed by atoms with Crippen LogP contribution in [0, 0.1) is 11.8 Å². The summed E-state index contributed by atoms with van der Waals surface area (Å²) in [7, 11) is 0. The maximum Gasteiger partial charge on any atom is 0.306 e. The largest absolute Gasteiger partial charge is 0.460 e. The second kappa shape index (κ2) is 5.78. The van der Waals surface area contributed by atoms with Gasteiger partial charge in [0.15, 0.2) is 0 Å². The van der Waals surface area contributed by atoms with E-state index < -0.39 is 5.60 Å². The first-order chi connectivity index (χ1) is 10.8. The summed E-state index contributed by atoms with van der Waals surface area (Å²) in [5.41, 5.74) is 0.425. The molecule has 0 saturated carbocycles. The summed E-state index contributed by atoms with van der Waals surface area (Å²) in [5, 5.41) is 0. The van der Waals surface area contributed by atoms with E-state index in [0.717, 1.165) is 12.1 Å². The summed E-state index contributed by atoms with van der Waals surface area (Å²) in [6.07, 6.45) is 5.82. The molecule has 0 aromatic heterocycles. The Morgan fingerprint density at radius 2 is 1.91 bits per heavy atom. The lowest BCUT2D eigenvalue weighted by molar-refractivity contribution is -0.154. The third-order valence-corrected chi connectivity index (χ3v) is 4.61. The Hall–Kier alpha value is -1.62. The van der Waals surface area contributed by atoms with Gasteiger partial charge in [-0.15, -0.1) is 0 Å². The lowest BCUT2D eigenvalue weighted by Gasteiger charge is -2.22. The fourth-order valence-corrected chi connectivity index (χ4v) is 3.69. The van der Waals surface area contributed by atoms with Crippen LogP contribution in [-0.4, -0.2) is 41.1 Å². The Kier molecular flexibility index (Phi) is 4.08. The monoisotopic (exact) mass is 319 g/mol. The smallest absolute Gasteiger partial charge is 0.306 e. The molecule has 0 spiro atoms. The van der Waals surface area contributed by atoms with Crippen molar-refractivity contribution < 1.29 is 19.1 Å². The van der Waals surface area contributed by atoms with E-state index in [9.17, 15) is 9.59 Å². The molecule has 0 aliphatic carbocycles. The molecule has 3 rings (SSSR count). The van der Waals surface area contributed by atoms with Crippen LogP contribution in [0.5, 0.6) is 0 Å². The third kappa shape index (κ3) is 3.07. The Bertz CT molecular complexity index is 530. The molecule has 0 aromatic rings. The van der Waals surface area contributed by atoms with Gasteiger partial charge in [0.25, 0.3) is 0 Å². The molecule has 0 aromatic carbocycles.